The molecule has 0 rings (SSSR count). The van der Waals surface area contributed by atoms with Crippen molar-refractivity contribution < 1.29 is 9.46 Å². The molecule has 0 fully saturated rings. The van der Waals surface area contributed by atoms with Crippen LogP contribution in [0.1, 0.15) is 0 Å². The van der Waals surface area contributed by atoms with Crippen LogP contribution in [0.15, 0.2) is 0 Å². The fraction of sp³-hybridized carbons (Fsp3) is 1.00. The van der Waals surface area contributed by atoms with E-state index in [4.69, 9.17) is 0 Å². The Morgan fingerprint density at radius 3 is 2.00 bits per heavy atom. The van der Waals surface area contributed by atoms with Gasteiger partial charge in [0.15, 0.2) is 0 Å². The highest BCUT2D eigenvalue weighted by molar-refractivity contribution is 8.55. The monoisotopic (exact) mass is 125 g/mol. The van der Waals surface area contributed by atoms with Crippen molar-refractivity contribution >= 4 is 18.0 Å². The lowest BCUT2D eigenvalue weighted by Gasteiger charge is -2.11. The summed E-state index contributed by atoms with van der Waals surface area (Å²) in [6, 6.07) is 0. The smallest absolute Gasteiger partial charge is 0.0649 e. The summed E-state index contributed by atoms with van der Waals surface area (Å²) < 4.78 is 9.99. The minimum absolute atomic E-state index is 0.882. The van der Waals surface area contributed by atoms with Gasteiger partial charge in [0.25, 0.3) is 0 Å². The molecule has 0 aliphatic rings. The van der Waals surface area contributed by atoms with Crippen molar-refractivity contribution in [3.05, 3.63) is 0 Å². The fourth-order valence-electron chi connectivity index (χ4n) is 0. The van der Waals surface area contributed by atoms with Crippen LogP contribution in [-0.4, -0.2) is 12.9 Å². The van der Waals surface area contributed by atoms with Crippen LogP contribution in [0.5, 0.6) is 0 Å². The zero-order valence-electron chi connectivity index (χ0n) is 3.67. The topological polar surface area (TPSA) is 40.1 Å². The number of rotatable bonds is 1. The van der Waals surface area contributed by atoms with E-state index in [1.807, 2.05) is 0 Å². The Labute approximate surface area is 41.1 Å². The first-order valence-corrected chi connectivity index (χ1v) is 5.30. The van der Waals surface area contributed by atoms with Gasteiger partial charge >= 0.3 is 0 Å². The Kier molecular flexibility index (Phi) is 2.19. The van der Waals surface area contributed by atoms with Gasteiger partial charge in [0.05, 0.1) is 6.57 Å². The van der Waals surface area contributed by atoms with Crippen LogP contribution in [0.4, 0.5) is 0 Å². The molecule has 0 N–H and O–H groups in total. The van der Waals surface area contributed by atoms with Crippen molar-refractivity contribution in [2.45, 2.75) is 0 Å². The van der Waals surface area contributed by atoms with Crippen molar-refractivity contribution in [1.82, 2.24) is 0 Å². The SMILES string of the molecule is CSP(C)(=O)[O-]. The van der Waals surface area contributed by atoms with E-state index in [9.17, 15) is 9.46 Å². The third kappa shape index (κ3) is 4.54. The Balaban J connectivity index is 3.48. The molecule has 0 aliphatic carbocycles. The van der Waals surface area contributed by atoms with Crippen LogP contribution < -0.4 is 4.89 Å². The molecule has 0 amide bonds. The highest BCUT2D eigenvalue weighted by Crippen LogP contribution is 2.43. The second-order valence-corrected chi connectivity index (χ2v) is 5.95. The lowest BCUT2D eigenvalue weighted by atomic mass is 12.0. The predicted octanol–water partition coefficient (Wildman–Crippen LogP) is 0.533. The summed E-state index contributed by atoms with van der Waals surface area (Å²) in [5, 5.41) is 0. The molecule has 4 heteroatoms. The van der Waals surface area contributed by atoms with Gasteiger partial charge in [-0.2, -0.15) is 0 Å². The van der Waals surface area contributed by atoms with E-state index in [-0.39, 0.29) is 0 Å². The molecular formula is C2H6O2PS-. The van der Waals surface area contributed by atoms with Gasteiger partial charge in [-0.15, -0.1) is 11.4 Å². The van der Waals surface area contributed by atoms with E-state index in [0.29, 0.717) is 0 Å². The van der Waals surface area contributed by atoms with Crippen LogP contribution in [0.25, 0.3) is 0 Å². The molecule has 0 aromatic rings. The lowest BCUT2D eigenvalue weighted by molar-refractivity contribution is -0.166. The largest absolute Gasteiger partial charge is 0.792 e. The predicted molar refractivity (Wildman–Crippen MR) is 27.0 cm³/mol. The maximum atomic E-state index is 9.99. The van der Waals surface area contributed by atoms with Crippen LogP contribution in [-0.2, 0) is 4.57 Å². The molecule has 0 radical (unpaired) electrons. The number of hydrogen-bond acceptors (Lipinski definition) is 3. The maximum absolute atomic E-state index is 9.99. The van der Waals surface area contributed by atoms with Crippen molar-refractivity contribution in [1.29, 1.82) is 0 Å². The first kappa shape index (κ1) is 6.54. The van der Waals surface area contributed by atoms with Gasteiger partial charge in [0, 0.05) is 0 Å². The van der Waals surface area contributed by atoms with Gasteiger partial charge in [-0.3, -0.25) is 0 Å². The molecule has 38 valence electrons. The van der Waals surface area contributed by atoms with Gasteiger partial charge in [-0.05, 0) is 12.9 Å². The van der Waals surface area contributed by atoms with Gasteiger partial charge in [0.2, 0.25) is 0 Å². The van der Waals surface area contributed by atoms with Gasteiger partial charge < -0.3 is 9.46 Å². The van der Waals surface area contributed by atoms with Crippen LogP contribution in [0.2, 0.25) is 0 Å². The summed E-state index contributed by atoms with van der Waals surface area (Å²) in [4.78, 5) is 9.99. The molecule has 0 bridgehead atoms. The summed E-state index contributed by atoms with van der Waals surface area (Å²) in [7, 11) is 0. The van der Waals surface area contributed by atoms with Gasteiger partial charge in [-0.25, -0.2) is 0 Å². The standard InChI is InChI=1S/C2H7O2PS/c1-5(3,4)6-2/h1-2H3,(H,3,4)/p-1. The van der Waals surface area contributed by atoms with Gasteiger partial charge in [0.1, 0.15) is 0 Å². The molecule has 1 atom stereocenters. The third-order valence-corrected chi connectivity index (χ3v) is 2.98. The van der Waals surface area contributed by atoms with Crippen LogP contribution in [0, 0.1) is 0 Å². The zero-order valence-corrected chi connectivity index (χ0v) is 5.38. The molecule has 0 spiro atoms. The summed E-state index contributed by atoms with van der Waals surface area (Å²) in [5.41, 5.74) is 0. The van der Waals surface area contributed by atoms with Crippen molar-refractivity contribution in [3.63, 3.8) is 0 Å². The van der Waals surface area contributed by atoms with E-state index in [1.54, 1.807) is 6.26 Å². The molecule has 0 aliphatic heterocycles. The third-order valence-electron chi connectivity index (χ3n) is 0.332. The first-order valence-electron chi connectivity index (χ1n) is 1.40. The summed E-state index contributed by atoms with van der Waals surface area (Å²) >= 11 is 0.882. The second kappa shape index (κ2) is 2.01. The second-order valence-electron chi connectivity index (χ2n) is 0.954. The molecule has 0 aromatic heterocycles. The number of hydrogen-bond donors (Lipinski definition) is 0. The summed E-state index contributed by atoms with van der Waals surface area (Å²) in [5.74, 6) is 0. The highest BCUT2D eigenvalue weighted by atomic mass is 32.7. The summed E-state index contributed by atoms with van der Waals surface area (Å²) in [6.45, 7) is -1.77. The van der Waals surface area contributed by atoms with Crippen LogP contribution >= 0.6 is 18.0 Å². The van der Waals surface area contributed by atoms with Gasteiger partial charge in [-0.1, -0.05) is 0 Å². The molecule has 1 unspecified atom stereocenters. The van der Waals surface area contributed by atoms with Crippen molar-refractivity contribution in [2.75, 3.05) is 12.9 Å². The van der Waals surface area contributed by atoms with Crippen LogP contribution in [0.3, 0.4) is 0 Å². The normalized spacial score (nSPS) is 19.8. The Hall–Kier alpha value is 0.540. The lowest BCUT2D eigenvalue weighted by Crippen LogP contribution is -1.91. The first-order chi connectivity index (χ1) is 2.56. The molecule has 0 saturated carbocycles. The quantitative estimate of drug-likeness (QED) is 0.480. The van der Waals surface area contributed by atoms with E-state index >= 15 is 0 Å². The van der Waals surface area contributed by atoms with E-state index < -0.39 is 6.57 Å². The maximum Gasteiger partial charge on any atom is 0.0649 e. The minimum Gasteiger partial charge on any atom is -0.792 e. The Morgan fingerprint density at radius 2 is 2.00 bits per heavy atom. The Bertz CT molecular complexity index is 75.6. The molecule has 2 nitrogen and oxygen atoms in total. The molecule has 0 saturated heterocycles. The highest BCUT2D eigenvalue weighted by Gasteiger charge is 1.88. The molecule has 6 heavy (non-hydrogen) atoms. The van der Waals surface area contributed by atoms with E-state index in [1.165, 1.54) is 6.66 Å². The van der Waals surface area contributed by atoms with Crippen molar-refractivity contribution in [3.8, 4) is 0 Å². The fourth-order valence-corrected chi connectivity index (χ4v) is 0. The zero-order chi connectivity index (χ0) is 5.21. The minimum atomic E-state index is -2.98. The van der Waals surface area contributed by atoms with E-state index in [2.05, 4.69) is 0 Å². The Morgan fingerprint density at radius 1 is 1.83 bits per heavy atom. The average Bonchev–Trinajstić information content (AvgIpc) is 1.35. The van der Waals surface area contributed by atoms with Crippen molar-refractivity contribution in [2.24, 2.45) is 0 Å². The molecular weight excluding hydrogens is 119 g/mol. The van der Waals surface area contributed by atoms with E-state index in [0.717, 1.165) is 11.4 Å². The summed E-state index contributed by atoms with van der Waals surface area (Å²) in [6.07, 6.45) is 1.55. The molecule has 0 aromatic carbocycles. The average molecular weight is 125 g/mol. The molecule has 0 heterocycles.